The van der Waals surface area contributed by atoms with E-state index in [9.17, 15) is 4.79 Å². The van der Waals surface area contributed by atoms with Crippen molar-refractivity contribution in [2.45, 2.75) is 33.3 Å². The van der Waals surface area contributed by atoms with Crippen LogP contribution in [0.4, 0.5) is 0 Å². The summed E-state index contributed by atoms with van der Waals surface area (Å²) in [5.41, 5.74) is 0.0967. The van der Waals surface area contributed by atoms with Gasteiger partial charge >= 0.3 is 0 Å². The number of allylic oxidation sites excluding steroid dienone is 4. The van der Waals surface area contributed by atoms with Gasteiger partial charge in [-0.1, -0.05) is 22.9 Å². The van der Waals surface area contributed by atoms with E-state index in [0.29, 0.717) is 13.2 Å². The average molecular weight is 359 g/mol. The van der Waals surface area contributed by atoms with E-state index < -0.39 is 5.60 Å². The summed E-state index contributed by atoms with van der Waals surface area (Å²) in [6, 6.07) is 0. The average Bonchev–Trinajstić information content (AvgIpc) is 2.73. The fraction of sp³-hybridized carbons (Fsp3) is 0.688. The van der Waals surface area contributed by atoms with Crippen molar-refractivity contribution in [3.8, 4) is 0 Å². The molecule has 1 saturated heterocycles. The lowest BCUT2D eigenvalue weighted by Gasteiger charge is -2.26. The highest BCUT2D eigenvalue weighted by Gasteiger charge is 2.56. The molecule has 4 nitrogen and oxygen atoms in total. The van der Waals surface area contributed by atoms with E-state index in [4.69, 9.17) is 14.2 Å². The zero-order chi connectivity index (χ0) is 15.6. The Labute approximate surface area is 134 Å². The zero-order valence-electron chi connectivity index (χ0n) is 13.1. The SMILES string of the molecule is CCOCC1(COCC)OC2=CC(C)=C(Br)C(C)C2C1=O. The molecular weight excluding hydrogens is 336 g/mol. The van der Waals surface area contributed by atoms with Gasteiger partial charge in [0.1, 0.15) is 5.76 Å². The first-order valence-electron chi connectivity index (χ1n) is 7.43. The molecule has 21 heavy (non-hydrogen) atoms. The highest BCUT2D eigenvalue weighted by Crippen LogP contribution is 2.46. The van der Waals surface area contributed by atoms with Crippen molar-refractivity contribution < 1.29 is 19.0 Å². The molecule has 0 N–H and O–H groups in total. The molecule has 118 valence electrons. The molecule has 1 fully saturated rings. The van der Waals surface area contributed by atoms with Crippen LogP contribution >= 0.6 is 15.9 Å². The number of fused-ring (bicyclic) bond motifs is 1. The molecule has 0 bridgehead atoms. The molecule has 5 heteroatoms. The van der Waals surface area contributed by atoms with Gasteiger partial charge < -0.3 is 14.2 Å². The number of carbonyl (C=O) groups excluding carboxylic acids is 1. The zero-order valence-corrected chi connectivity index (χ0v) is 14.7. The highest BCUT2D eigenvalue weighted by molar-refractivity contribution is 9.11. The molecule has 0 aromatic carbocycles. The number of Topliss-reactive ketones (excluding diaryl/α,β-unsaturated/α-hetero) is 1. The van der Waals surface area contributed by atoms with Crippen LogP contribution in [0.25, 0.3) is 0 Å². The van der Waals surface area contributed by atoms with E-state index in [1.54, 1.807) is 0 Å². The van der Waals surface area contributed by atoms with Crippen LogP contribution < -0.4 is 0 Å². The number of hydrogen-bond acceptors (Lipinski definition) is 4. The molecule has 1 aliphatic carbocycles. The van der Waals surface area contributed by atoms with Crippen molar-refractivity contribution in [1.29, 1.82) is 0 Å². The van der Waals surface area contributed by atoms with Crippen LogP contribution in [-0.2, 0) is 19.0 Å². The second-order valence-electron chi connectivity index (χ2n) is 5.58. The Morgan fingerprint density at radius 2 is 1.86 bits per heavy atom. The molecule has 2 atom stereocenters. The van der Waals surface area contributed by atoms with Gasteiger partial charge in [0.15, 0.2) is 5.78 Å². The lowest BCUT2D eigenvalue weighted by molar-refractivity contribution is -0.146. The molecule has 2 rings (SSSR count). The topological polar surface area (TPSA) is 44.8 Å². The van der Waals surface area contributed by atoms with E-state index in [0.717, 1.165) is 15.8 Å². The second kappa shape index (κ2) is 6.63. The normalized spacial score (nSPS) is 27.5. The van der Waals surface area contributed by atoms with Crippen LogP contribution in [0.5, 0.6) is 0 Å². The van der Waals surface area contributed by atoms with E-state index in [1.165, 1.54) is 0 Å². The highest BCUT2D eigenvalue weighted by atomic mass is 79.9. The van der Waals surface area contributed by atoms with E-state index in [2.05, 4.69) is 15.9 Å². The van der Waals surface area contributed by atoms with Crippen LogP contribution in [0.2, 0.25) is 0 Å². The molecule has 1 aliphatic heterocycles. The predicted molar refractivity (Wildman–Crippen MR) is 84.2 cm³/mol. The Hall–Kier alpha value is -0.650. The Balaban J connectivity index is 2.31. The monoisotopic (exact) mass is 358 g/mol. The quantitative estimate of drug-likeness (QED) is 0.731. The number of ketones is 1. The third-order valence-electron chi connectivity index (χ3n) is 4.07. The molecule has 1 heterocycles. The predicted octanol–water partition coefficient (Wildman–Crippen LogP) is 3.22. The first kappa shape index (κ1) is 16.7. The number of ether oxygens (including phenoxy) is 3. The summed E-state index contributed by atoms with van der Waals surface area (Å²) in [6.07, 6.45) is 1.95. The number of rotatable bonds is 6. The Morgan fingerprint density at radius 3 is 2.38 bits per heavy atom. The molecule has 2 unspecified atom stereocenters. The third kappa shape index (κ3) is 2.96. The van der Waals surface area contributed by atoms with Gasteiger partial charge in [0, 0.05) is 23.6 Å². The lowest BCUT2D eigenvalue weighted by Crippen LogP contribution is -2.47. The van der Waals surface area contributed by atoms with Crippen LogP contribution in [-0.4, -0.2) is 37.8 Å². The van der Waals surface area contributed by atoms with E-state index in [-0.39, 0.29) is 30.8 Å². The van der Waals surface area contributed by atoms with Gasteiger partial charge in [0.2, 0.25) is 5.60 Å². The summed E-state index contributed by atoms with van der Waals surface area (Å²) >= 11 is 3.59. The number of carbonyl (C=O) groups is 1. The molecule has 0 spiro atoms. The van der Waals surface area contributed by atoms with Gasteiger partial charge in [-0.3, -0.25) is 4.79 Å². The standard InChI is InChI=1S/C16H23BrO4/c1-5-19-8-16(9-20-6-2)15(18)13-11(4)14(17)10(3)7-12(13)21-16/h7,11,13H,5-6,8-9H2,1-4H3. The summed E-state index contributed by atoms with van der Waals surface area (Å²) in [7, 11) is 0. The van der Waals surface area contributed by atoms with Crippen LogP contribution in [0.3, 0.4) is 0 Å². The van der Waals surface area contributed by atoms with Crippen molar-refractivity contribution in [2.24, 2.45) is 11.8 Å². The van der Waals surface area contributed by atoms with Crippen LogP contribution in [0.15, 0.2) is 21.9 Å². The summed E-state index contributed by atoms with van der Waals surface area (Å²) in [4.78, 5) is 13.0. The van der Waals surface area contributed by atoms with Gasteiger partial charge in [-0.25, -0.2) is 0 Å². The lowest BCUT2D eigenvalue weighted by atomic mass is 9.80. The van der Waals surface area contributed by atoms with E-state index in [1.807, 2.05) is 33.8 Å². The first-order valence-corrected chi connectivity index (χ1v) is 8.22. The fourth-order valence-electron chi connectivity index (χ4n) is 2.91. The summed E-state index contributed by atoms with van der Waals surface area (Å²) < 4.78 is 18.1. The maximum absolute atomic E-state index is 13.0. The van der Waals surface area contributed by atoms with Crippen molar-refractivity contribution in [3.05, 3.63) is 21.9 Å². The summed E-state index contributed by atoms with van der Waals surface area (Å²) in [5, 5.41) is 0. The summed E-state index contributed by atoms with van der Waals surface area (Å²) in [6.45, 7) is 9.44. The van der Waals surface area contributed by atoms with Gasteiger partial charge in [0.25, 0.3) is 0 Å². The fourth-order valence-corrected chi connectivity index (χ4v) is 3.29. The molecule has 0 aromatic heterocycles. The first-order chi connectivity index (χ1) is 9.96. The molecule has 0 radical (unpaired) electrons. The van der Waals surface area contributed by atoms with Gasteiger partial charge in [-0.05, 0) is 32.4 Å². The second-order valence-corrected chi connectivity index (χ2v) is 6.43. The molecule has 0 saturated carbocycles. The number of hydrogen-bond donors (Lipinski definition) is 0. The van der Waals surface area contributed by atoms with Crippen molar-refractivity contribution >= 4 is 21.7 Å². The minimum absolute atomic E-state index is 0.0626. The number of halogens is 1. The maximum Gasteiger partial charge on any atom is 0.213 e. The van der Waals surface area contributed by atoms with Crippen LogP contribution in [0, 0.1) is 11.8 Å². The maximum atomic E-state index is 13.0. The van der Waals surface area contributed by atoms with Gasteiger partial charge in [-0.2, -0.15) is 0 Å². The van der Waals surface area contributed by atoms with Crippen molar-refractivity contribution in [1.82, 2.24) is 0 Å². The largest absolute Gasteiger partial charge is 0.478 e. The van der Waals surface area contributed by atoms with Gasteiger partial charge in [-0.15, -0.1) is 0 Å². The Morgan fingerprint density at radius 1 is 1.29 bits per heavy atom. The minimum atomic E-state index is -1.01. The Kier molecular flexibility index (Phi) is 5.28. The molecular formula is C16H23BrO4. The van der Waals surface area contributed by atoms with Gasteiger partial charge in [0.05, 0.1) is 19.1 Å². The third-order valence-corrected chi connectivity index (χ3v) is 5.41. The Bertz CT molecular complexity index is 473. The molecule has 0 aromatic rings. The van der Waals surface area contributed by atoms with Crippen molar-refractivity contribution in [3.63, 3.8) is 0 Å². The minimum Gasteiger partial charge on any atom is -0.478 e. The molecule has 0 amide bonds. The van der Waals surface area contributed by atoms with Crippen LogP contribution in [0.1, 0.15) is 27.7 Å². The molecule has 2 aliphatic rings. The smallest absolute Gasteiger partial charge is 0.213 e. The summed E-state index contributed by atoms with van der Waals surface area (Å²) in [5.74, 6) is 0.645. The van der Waals surface area contributed by atoms with E-state index >= 15 is 0 Å². The van der Waals surface area contributed by atoms with Crippen molar-refractivity contribution in [2.75, 3.05) is 26.4 Å².